The lowest BCUT2D eigenvalue weighted by molar-refractivity contribution is -0.276. The maximum Gasteiger partial charge on any atom is 0.574 e. The van der Waals surface area contributed by atoms with Gasteiger partial charge in [-0.1, -0.05) is 0 Å². The van der Waals surface area contributed by atoms with Crippen LogP contribution in [0.25, 0.3) is 0 Å². The molecule has 1 rings (SSSR count). The van der Waals surface area contributed by atoms with Crippen molar-refractivity contribution in [1.29, 1.82) is 0 Å². The fourth-order valence-corrected chi connectivity index (χ4v) is 1.91. The van der Waals surface area contributed by atoms with E-state index in [1.165, 1.54) is 6.92 Å². The summed E-state index contributed by atoms with van der Waals surface area (Å²) in [5.41, 5.74) is 0.351. The highest BCUT2D eigenvalue weighted by Gasteiger charge is 2.33. The number of aromatic nitrogens is 1. The van der Waals surface area contributed by atoms with Gasteiger partial charge in [0.15, 0.2) is 0 Å². The molecule has 94 valence electrons. The van der Waals surface area contributed by atoms with Crippen molar-refractivity contribution in [2.75, 3.05) is 0 Å². The molecule has 4 nitrogen and oxygen atoms in total. The second-order valence-electron chi connectivity index (χ2n) is 3.13. The van der Waals surface area contributed by atoms with Gasteiger partial charge in [0.1, 0.15) is 0 Å². The van der Waals surface area contributed by atoms with Gasteiger partial charge < -0.3 is 9.84 Å². The summed E-state index contributed by atoms with van der Waals surface area (Å²) in [7, 11) is 0. The van der Waals surface area contributed by atoms with E-state index in [1.54, 1.807) is 0 Å². The number of alkyl halides is 3. The summed E-state index contributed by atoms with van der Waals surface area (Å²) >= 11 is 1.81. The maximum absolute atomic E-state index is 12.0. The lowest BCUT2D eigenvalue weighted by Gasteiger charge is -2.13. The van der Waals surface area contributed by atoms with Crippen LogP contribution in [0, 0.1) is 10.5 Å². The average molecular weight is 361 g/mol. The van der Waals surface area contributed by atoms with E-state index in [0.717, 1.165) is 6.20 Å². The van der Waals surface area contributed by atoms with Crippen LogP contribution in [-0.2, 0) is 11.2 Å². The lowest BCUT2D eigenvalue weighted by Crippen LogP contribution is -2.19. The quantitative estimate of drug-likeness (QED) is 0.841. The molecule has 0 saturated carbocycles. The first-order valence-corrected chi connectivity index (χ1v) is 5.40. The molecule has 17 heavy (non-hydrogen) atoms. The molecule has 0 fully saturated rings. The topological polar surface area (TPSA) is 59.4 Å². The second kappa shape index (κ2) is 5.07. The Morgan fingerprint density at radius 2 is 2.18 bits per heavy atom. The van der Waals surface area contributed by atoms with E-state index >= 15 is 0 Å². The largest absolute Gasteiger partial charge is 0.574 e. The molecule has 0 amide bonds. The van der Waals surface area contributed by atoms with Crippen LogP contribution in [0.4, 0.5) is 13.2 Å². The Morgan fingerprint density at radius 3 is 2.65 bits per heavy atom. The molecular weight excluding hydrogens is 354 g/mol. The fourth-order valence-electron chi connectivity index (χ4n) is 1.18. The maximum atomic E-state index is 12.0. The van der Waals surface area contributed by atoms with Crippen molar-refractivity contribution in [3.63, 3.8) is 0 Å². The zero-order valence-corrected chi connectivity index (χ0v) is 10.7. The van der Waals surface area contributed by atoms with E-state index in [0.29, 0.717) is 3.57 Å². The summed E-state index contributed by atoms with van der Waals surface area (Å²) < 4.78 is 40.3. The number of ether oxygens (including phenoxy) is 1. The minimum absolute atomic E-state index is 0.0802. The SMILES string of the molecule is Cc1c(OC(F)(F)F)ncc(I)c1CC(=O)O. The first-order valence-electron chi connectivity index (χ1n) is 4.32. The van der Waals surface area contributed by atoms with Crippen molar-refractivity contribution in [1.82, 2.24) is 4.98 Å². The predicted molar refractivity (Wildman–Crippen MR) is 59.7 cm³/mol. The Bertz CT molecular complexity index is 448. The zero-order valence-electron chi connectivity index (χ0n) is 8.51. The van der Waals surface area contributed by atoms with E-state index in [2.05, 4.69) is 9.72 Å². The summed E-state index contributed by atoms with van der Waals surface area (Å²) in [5, 5.41) is 8.65. The molecule has 0 radical (unpaired) electrons. The highest BCUT2D eigenvalue weighted by atomic mass is 127. The number of carboxylic acids is 1. The van der Waals surface area contributed by atoms with Crippen molar-refractivity contribution in [3.05, 3.63) is 20.9 Å². The van der Waals surface area contributed by atoms with Gasteiger partial charge in [0.2, 0.25) is 5.88 Å². The Kier molecular flexibility index (Phi) is 4.17. The third-order valence-corrected chi connectivity index (χ3v) is 2.83. The van der Waals surface area contributed by atoms with Gasteiger partial charge in [0.05, 0.1) is 6.42 Å². The van der Waals surface area contributed by atoms with E-state index < -0.39 is 18.2 Å². The minimum atomic E-state index is -4.84. The number of hydrogen-bond donors (Lipinski definition) is 1. The zero-order chi connectivity index (χ0) is 13.2. The standard InChI is InChI=1S/C9H7F3INO3/c1-4-5(2-7(15)16)6(13)3-14-8(4)17-9(10,11)12/h3H,2H2,1H3,(H,15,16). The Labute approximate surface area is 108 Å². The Hall–Kier alpha value is -1.06. The predicted octanol–water partition coefficient (Wildman–Crippen LogP) is 2.52. The van der Waals surface area contributed by atoms with Crippen molar-refractivity contribution >= 4 is 28.6 Å². The molecule has 0 bridgehead atoms. The molecule has 0 aromatic carbocycles. The van der Waals surface area contributed by atoms with E-state index in [-0.39, 0.29) is 17.5 Å². The van der Waals surface area contributed by atoms with Crippen LogP contribution in [0.5, 0.6) is 5.88 Å². The van der Waals surface area contributed by atoms with Gasteiger partial charge in [-0.3, -0.25) is 4.79 Å². The summed E-state index contributed by atoms with van der Waals surface area (Å²) in [6, 6.07) is 0. The molecule has 0 unspecified atom stereocenters. The number of aliphatic carboxylic acids is 1. The summed E-state index contributed by atoms with van der Waals surface area (Å²) in [5.74, 6) is -1.75. The number of pyridine rings is 1. The molecule has 0 spiro atoms. The van der Waals surface area contributed by atoms with Crippen molar-refractivity contribution < 1.29 is 27.8 Å². The molecule has 0 atom stereocenters. The van der Waals surface area contributed by atoms with E-state index in [4.69, 9.17) is 5.11 Å². The van der Waals surface area contributed by atoms with Crippen LogP contribution in [0.1, 0.15) is 11.1 Å². The van der Waals surface area contributed by atoms with Crippen LogP contribution < -0.4 is 4.74 Å². The molecule has 0 aliphatic rings. The molecule has 0 saturated heterocycles. The molecule has 1 N–H and O–H groups in total. The highest BCUT2D eigenvalue weighted by molar-refractivity contribution is 14.1. The number of rotatable bonds is 3. The fraction of sp³-hybridized carbons (Fsp3) is 0.333. The molecule has 1 aromatic rings. The number of nitrogens with zero attached hydrogens (tertiary/aromatic N) is 1. The second-order valence-corrected chi connectivity index (χ2v) is 4.30. The molecule has 8 heteroatoms. The summed E-state index contributed by atoms with van der Waals surface area (Å²) in [6.45, 7) is 1.34. The van der Waals surface area contributed by atoms with Crippen molar-refractivity contribution in [2.45, 2.75) is 19.7 Å². The Balaban J connectivity index is 3.14. The third-order valence-electron chi connectivity index (χ3n) is 1.90. The first kappa shape index (κ1) is 14.0. The Morgan fingerprint density at radius 1 is 1.59 bits per heavy atom. The molecular formula is C9H7F3INO3. The first-order chi connectivity index (χ1) is 7.70. The molecule has 0 aliphatic heterocycles. The van der Waals surface area contributed by atoms with E-state index in [1.807, 2.05) is 22.6 Å². The average Bonchev–Trinajstić information content (AvgIpc) is 2.15. The van der Waals surface area contributed by atoms with Gasteiger partial charge in [0.25, 0.3) is 0 Å². The van der Waals surface area contributed by atoms with Crippen molar-refractivity contribution in [3.8, 4) is 5.88 Å². The van der Waals surface area contributed by atoms with Crippen molar-refractivity contribution in [2.24, 2.45) is 0 Å². The van der Waals surface area contributed by atoms with Gasteiger partial charge in [0, 0.05) is 15.3 Å². The van der Waals surface area contributed by atoms with Crippen LogP contribution in [-0.4, -0.2) is 22.4 Å². The van der Waals surface area contributed by atoms with Crippen LogP contribution in [0.3, 0.4) is 0 Å². The van der Waals surface area contributed by atoms with Gasteiger partial charge >= 0.3 is 12.3 Å². The van der Waals surface area contributed by atoms with Gasteiger partial charge in [-0.25, -0.2) is 4.98 Å². The number of hydrogen-bond acceptors (Lipinski definition) is 3. The third kappa shape index (κ3) is 4.02. The van der Waals surface area contributed by atoms with Crippen LogP contribution in [0.2, 0.25) is 0 Å². The monoisotopic (exact) mass is 361 g/mol. The summed E-state index contributed by atoms with van der Waals surface area (Å²) in [6.07, 6.45) is -4.07. The number of halogens is 4. The van der Waals surface area contributed by atoms with Gasteiger partial charge in [-0.2, -0.15) is 0 Å². The molecule has 1 aromatic heterocycles. The normalized spacial score (nSPS) is 11.4. The van der Waals surface area contributed by atoms with Gasteiger partial charge in [-0.15, -0.1) is 13.2 Å². The minimum Gasteiger partial charge on any atom is -0.481 e. The van der Waals surface area contributed by atoms with Gasteiger partial charge in [-0.05, 0) is 35.1 Å². The smallest absolute Gasteiger partial charge is 0.481 e. The summed E-state index contributed by atoms with van der Waals surface area (Å²) in [4.78, 5) is 14.1. The molecule has 1 heterocycles. The van der Waals surface area contributed by atoms with Crippen LogP contribution >= 0.6 is 22.6 Å². The molecule has 0 aliphatic carbocycles. The highest BCUT2D eigenvalue weighted by Crippen LogP contribution is 2.28. The number of carboxylic acid groups (broad SMARTS) is 1. The van der Waals surface area contributed by atoms with Crippen LogP contribution in [0.15, 0.2) is 6.20 Å². The van der Waals surface area contributed by atoms with E-state index in [9.17, 15) is 18.0 Å². The lowest BCUT2D eigenvalue weighted by atomic mass is 10.1. The number of carbonyl (C=O) groups is 1.